The number of aryl methyl sites for hydroxylation is 1. The molecule has 0 N–H and O–H groups in total. The van der Waals surface area contributed by atoms with E-state index >= 15 is 0 Å². The predicted molar refractivity (Wildman–Crippen MR) is 86.9 cm³/mol. The molecule has 112 valence electrons. The van der Waals surface area contributed by atoms with Gasteiger partial charge in [-0.3, -0.25) is 0 Å². The van der Waals surface area contributed by atoms with E-state index in [0.717, 1.165) is 28.0 Å². The maximum Gasteiger partial charge on any atom is 0.127 e. The number of hydrogen-bond acceptors (Lipinski definition) is 4. The number of carbonyl (C=O) groups is 1. The third kappa shape index (κ3) is 3.00. The lowest BCUT2D eigenvalue weighted by molar-refractivity contribution is -0.107. The molecule has 0 saturated heterocycles. The largest absolute Gasteiger partial charge is 0.303 e. The van der Waals surface area contributed by atoms with Gasteiger partial charge in [-0.1, -0.05) is 13.8 Å². The minimum absolute atomic E-state index is 0.383. The molecule has 1 aliphatic rings. The Morgan fingerprint density at radius 1 is 1.33 bits per heavy atom. The SMILES string of the molecule is Cc1nc(CC=O)c2cc(C3CCC(C)(C)CC3)sc2n1. The number of nitrogens with zero attached hydrogens (tertiary/aromatic N) is 2. The summed E-state index contributed by atoms with van der Waals surface area (Å²) in [6.07, 6.45) is 6.41. The van der Waals surface area contributed by atoms with Crippen molar-refractivity contribution in [1.29, 1.82) is 0 Å². The maximum atomic E-state index is 10.9. The van der Waals surface area contributed by atoms with Crippen LogP contribution in [0.2, 0.25) is 0 Å². The number of fused-ring (bicyclic) bond motifs is 1. The van der Waals surface area contributed by atoms with E-state index in [1.807, 2.05) is 6.92 Å². The summed E-state index contributed by atoms with van der Waals surface area (Å²) in [5, 5.41) is 1.08. The highest BCUT2D eigenvalue weighted by atomic mass is 32.1. The molecule has 2 aromatic heterocycles. The van der Waals surface area contributed by atoms with E-state index in [1.54, 1.807) is 11.3 Å². The number of thiophene rings is 1. The normalized spacial score (nSPS) is 19.0. The number of aldehydes is 1. The molecule has 1 aliphatic carbocycles. The summed E-state index contributed by atoms with van der Waals surface area (Å²) >= 11 is 1.79. The Kier molecular flexibility index (Phi) is 3.82. The lowest BCUT2D eigenvalue weighted by atomic mass is 9.73. The van der Waals surface area contributed by atoms with Crippen molar-refractivity contribution in [2.45, 2.75) is 58.8 Å². The van der Waals surface area contributed by atoms with Gasteiger partial charge >= 0.3 is 0 Å². The third-order valence-corrected chi connectivity index (χ3v) is 5.81. The van der Waals surface area contributed by atoms with Gasteiger partial charge in [0, 0.05) is 16.7 Å². The van der Waals surface area contributed by atoms with Gasteiger partial charge in [0.25, 0.3) is 0 Å². The minimum Gasteiger partial charge on any atom is -0.303 e. The molecule has 3 rings (SSSR count). The second-order valence-electron chi connectivity index (χ2n) is 6.89. The van der Waals surface area contributed by atoms with Crippen LogP contribution in [0.15, 0.2) is 6.07 Å². The standard InChI is InChI=1S/C17H22N2OS/c1-11-18-14(6-9-20)13-10-15(21-16(13)19-11)12-4-7-17(2,3)8-5-12/h9-10,12H,4-8H2,1-3H3. The topological polar surface area (TPSA) is 42.9 Å². The van der Waals surface area contributed by atoms with Crippen LogP contribution in [0.1, 0.15) is 61.8 Å². The maximum absolute atomic E-state index is 10.9. The van der Waals surface area contributed by atoms with Crippen molar-refractivity contribution < 1.29 is 4.79 Å². The van der Waals surface area contributed by atoms with Crippen LogP contribution in [0.4, 0.5) is 0 Å². The molecular weight excluding hydrogens is 280 g/mol. The van der Waals surface area contributed by atoms with E-state index in [2.05, 4.69) is 29.9 Å². The number of hydrogen-bond donors (Lipinski definition) is 0. The lowest BCUT2D eigenvalue weighted by Crippen LogP contribution is -2.19. The predicted octanol–water partition coefficient (Wildman–Crippen LogP) is 4.42. The van der Waals surface area contributed by atoms with Crippen LogP contribution in [0.3, 0.4) is 0 Å². The average Bonchev–Trinajstić information content (AvgIpc) is 2.82. The van der Waals surface area contributed by atoms with E-state index in [0.29, 0.717) is 17.8 Å². The zero-order chi connectivity index (χ0) is 15.0. The van der Waals surface area contributed by atoms with Gasteiger partial charge in [0.1, 0.15) is 16.9 Å². The first-order chi connectivity index (χ1) is 9.98. The molecule has 1 fully saturated rings. The lowest BCUT2D eigenvalue weighted by Gasteiger charge is -2.33. The van der Waals surface area contributed by atoms with Gasteiger partial charge in [0.15, 0.2) is 0 Å². The summed E-state index contributed by atoms with van der Waals surface area (Å²) < 4.78 is 0. The van der Waals surface area contributed by atoms with E-state index < -0.39 is 0 Å². The fourth-order valence-electron chi connectivity index (χ4n) is 3.24. The molecule has 0 bridgehead atoms. The monoisotopic (exact) mass is 302 g/mol. The van der Waals surface area contributed by atoms with E-state index in [4.69, 9.17) is 0 Å². The van der Waals surface area contributed by atoms with Gasteiger partial charge in [-0.2, -0.15) is 0 Å². The zero-order valence-electron chi connectivity index (χ0n) is 13.0. The van der Waals surface area contributed by atoms with Crippen LogP contribution in [0, 0.1) is 12.3 Å². The second-order valence-corrected chi connectivity index (χ2v) is 7.96. The highest BCUT2D eigenvalue weighted by molar-refractivity contribution is 7.18. The van der Waals surface area contributed by atoms with E-state index in [1.165, 1.54) is 30.6 Å². The first kappa shape index (κ1) is 14.6. The van der Waals surface area contributed by atoms with Crippen molar-refractivity contribution in [1.82, 2.24) is 9.97 Å². The Hall–Kier alpha value is -1.29. The summed E-state index contributed by atoms with van der Waals surface area (Å²) in [7, 11) is 0. The quantitative estimate of drug-likeness (QED) is 0.788. The van der Waals surface area contributed by atoms with Gasteiger partial charge in [0.2, 0.25) is 0 Å². The Bertz CT molecular complexity index is 665. The molecule has 2 aromatic rings. The Balaban J connectivity index is 1.94. The molecule has 0 amide bonds. The fourth-order valence-corrected chi connectivity index (χ4v) is 4.50. The zero-order valence-corrected chi connectivity index (χ0v) is 13.8. The molecule has 1 saturated carbocycles. The summed E-state index contributed by atoms with van der Waals surface area (Å²) in [5.74, 6) is 1.42. The average molecular weight is 302 g/mol. The van der Waals surface area contributed by atoms with Gasteiger partial charge in [-0.25, -0.2) is 9.97 Å². The summed E-state index contributed by atoms with van der Waals surface area (Å²) in [4.78, 5) is 22.3. The van der Waals surface area contributed by atoms with Crippen LogP contribution >= 0.6 is 11.3 Å². The van der Waals surface area contributed by atoms with Crippen molar-refractivity contribution in [3.8, 4) is 0 Å². The van der Waals surface area contributed by atoms with Crippen LogP contribution < -0.4 is 0 Å². The first-order valence-corrected chi connectivity index (χ1v) is 8.51. The molecule has 21 heavy (non-hydrogen) atoms. The number of carbonyl (C=O) groups excluding carboxylic acids is 1. The van der Waals surface area contributed by atoms with Crippen molar-refractivity contribution in [3.05, 3.63) is 22.5 Å². The van der Waals surface area contributed by atoms with E-state index in [9.17, 15) is 4.79 Å². The second kappa shape index (κ2) is 5.48. The van der Waals surface area contributed by atoms with Crippen LogP contribution in [-0.4, -0.2) is 16.3 Å². The highest BCUT2D eigenvalue weighted by Crippen LogP contribution is 2.45. The molecule has 4 heteroatoms. The molecular formula is C17H22N2OS. The molecule has 0 atom stereocenters. The summed E-state index contributed by atoms with van der Waals surface area (Å²) in [6, 6.07) is 2.24. The first-order valence-electron chi connectivity index (χ1n) is 7.69. The minimum atomic E-state index is 0.383. The van der Waals surface area contributed by atoms with E-state index in [-0.39, 0.29) is 0 Å². The molecule has 2 heterocycles. The molecule has 0 radical (unpaired) electrons. The van der Waals surface area contributed by atoms with Gasteiger partial charge in [-0.05, 0) is 50.0 Å². The van der Waals surface area contributed by atoms with Crippen molar-refractivity contribution in [3.63, 3.8) is 0 Å². The van der Waals surface area contributed by atoms with Gasteiger partial charge in [0.05, 0.1) is 5.69 Å². The van der Waals surface area contributed by atoms with Gasteiger partial charge in [-0.15, -0.1) is 11.3 Å². The number of aromatic nitrogens is 2. The number of rotatable bonds is 3. The Labute approximate surface area is 129 Å². The fraction of sp³-hybridized carbons (Fsp3) is 0.588. The van der Waals surface area contributed by atoms with Gasteiger partial charge < -0.3 is 4.79 Å². The molecule has 0 aliphatic heterocycles. The molecule has 0 spiro atoms. The smallest absolute Gasteiger partial charge is 0.127 e. The van der Waals surface area contributed by atoms with Crippen molar-refractivity contribution >= 4 is 27.8 Å². The molecule has 0 unspecified atom stereocenters. The van der Waals surface area contributed by atoms with Crippen molar-refractivity contribution in [2.75, 3.05) is 0 Å². The molecule has 3 nitrogen and oxygen atoms in total. The van der Waals surface area contributed by atoms with Crippen LogP contribution in [-0.2, 0) is 11.2 Å². The Morgan fingerprint density at radius 2 is 2.05 bits per heavy atom. The molecule has 0 aromatic carbocycles. The van der Waals surface area contributed by atoms with Crippen LogP contribution in [0.5, 0.6) is 0 Å². The van der Waals surface area contributed by atoms with Crippen molar-refractivity contribution in [2.24, 2.45) is 5.41 Å². The summed E-state index contributed by atoms with van der Waals surface area (Å²) in [6.45, 7) is 6.63. The Morgan fingerprint density at radius 3 is 2.71 bits per heavy atom. The van der Waals surface area contributed by atoms with Crippen LogP contribution in [0.25, 0.3) is 10.2 Å². The third-order valence-electron chi connectivity index (χ3n) is 4.62. The summed E-state index contributed by atoms with van der Waals surface area (Å²) in [5.41, 5.74) is 1.37. The highest BCUT2D eigenvalue weighted by Gasteiger charge is 2.28.